The van der Waals surface area contributed by atoms with Crippen LogP contribution in [0.2, 0.25) is 0 Å². The van der Waals surface area contributed by atoms with E-state index in [4.69, 9.17) is 10.8 Å². The standard InChI is InChI=1S/C12H17NO2/c1-7-4-9(3)10(5-8(7)2)11(6-13)12(14)15/h4-5,11H,6,13H2,1-3H3,(H,14,15). The Morgan fingerprint density at radius 3 is 2.27 bits per heavy atom. The fraction of sp³-hybridized carbons (Fsp3) is 0.417. The first-order valence-corrected chi connectivity index (χ1v) is 4.98. The maximum Gasteiger partial charge on any atom is 0.312 e. The Bertz CT molecular complexity index is 385. The van der Waals surface area contributed by atoms with Crippen LogP contribution in [0.5, 0.6) is 0 Å². The molecule has 3 heteroatoms. The van der Waals surface area contributed by atoms with Gasteiger partial charge in [0.1, 0.15) is 0 Å². The minimum Gasteiger partial charge on any atom is -0.481 e. The van der Waals surface area contributed by atoms with Gasteiger partial charge < -0.3 is 10.8 Å². The van der Waals surface area contributed by atoms with Gasteiger partial charge in [0.25, 0.3) is 0 Å². The van der Waals surface area contributed by atoms with Crippen LogP contribution < -0.4 is 5.73 Å². The lowest BCUT2D eigenvalue weighted by atomic mass is 9.91. The van der Waals surface area contributed by atoms with Crippen LogP contribution in [0.4, 0.5) is 0 Å². The molecule has 0 fully saturated rings. The third kappa shape index (κ3) is 2.36. The van der Waals surface area contributed by atoms with Gasteiger partial charge in [-0.2, -0.15) is 0 Å². The monoisotopic (exact) mass is 207 g/mol. The van der Waals surface area contributed by atoms with E-state index in [9.17, 15) is 4.79 Å². The summed E-state index contributed by atoms with van der Waals surface area (Å²) in [5.41, 5.74) is 9.59. The van der Waals surface area contributed by atoms with Gasteiger partial charge in [-0.3, -0.25) is 4.79 Å². The van der Waals surface area contributed by atoms with Crippen molar-refractivity contribution in [1.82, 2.24) is 0 Å². The summed E-state index contributed by atoms with van der Waals surface area (Å²) in [6.07, 6.45) is 0. The first-order chi connectivity index (χ1) is 6.97. The van der Waals surface area contributed by atoms with E-state index in [0.717, 1.165) is 16.7 Å². The Morgan fingerprint density at radius 1 is 1.27 bits per heavy atom. The van der Waals surface area contributed by atoms with Gasteiger partial charge in [-0.1, -0.05) is 12.1 Å². The molecule has 0 radical (unpaired) electrons. The molecule has 0 heterocycles. The third-order valence-corrected chi connectivity index (χ3v) is 2.79. The lowest BCUT2D eigenvalue weighted by Gasteiger charge is -2.15. The summed E-state index contributed by atoms with van der Waals surface area (Å²) < 4.78 is 0. The van der Waals surface area contributed by atoms with E-state index < -0.39 is 11.9 Å². The molecule has 1 aromatic carbocycles. The molecular formula is C12H17NO2. The van der Waals surface area contributed by atoms with E-state index in [0.29, 0.717) is 0 Å². The third-order valence-electron chi connectivity index (χ3n) is 2.79. The van der Waals surface area contributed by atoms with Crippen LogP contribution in [0.15, 0.2) is 12.1 Å². The number of rotatable bonds is 3. The van der Waals surface area contributed by atoms with E-state index in [1.807, 2.05) is 32.9 Å². The van der Waals surface area contributed by atoms with Crippen molar-refractivity contribution in [2.75, 3.05) is 6.54 Å². The lowest BCUT2D eigenvalue weighted by molar-refractivity contribution is -0.138. The number of aryl methyl sites for hydroxylation is 3. The molecule has 0 amide bonds. The number of aliphatic carboxylic acids is 1. The van der Waals surface area contributed by atoms with Gasteiger partial charge in [0.05, 0.1) is 5.92 Å². The zero-order chi connectivity index (χ0) is 11.6. The minimum absolute atomic E-state index is 0.138. The van der Waals surface area contributed by atoms with Crippen LogP contribution >= 0.6 is 0 Å². The molecule has 1 rings (SSSR count). The van der Waals surface area contributed by atoms with Gasteiger partial charge in [0, 0.05) is 6.54 Å². The highest BCUT2D eigenvalue weighted by Crippen LogP contribution is 2.23. The van der Waals surface area contributed by atoms with Crippen LogP contribution in [0, 0.1) is 20.8 Å². The molecule has 3 N–H and O–H groups in total. The molecule has 0 saturated carbocycles. The molecule has 82 valence electrons. The fourth-order valence-electron chi connectivity index (χ4n) is 1.72. The molecule has 0 aromatic heterocycles. The van der Waals surface area contributed by atoms with Gasteiger partial charge in [0.15, 0.2) is 0 Å². The van der Waals surface area contributed by atoms with Crippen LogP contribution in [-0.2, 0) is 4.79 Å². The van der Waals surface area contributed by atoms with Crippen molar-refractivity contribution < 1.29 is 9.90 Å². The zero-order valence-corrected chi connectivity index (χ0v) is 9.37. The quantitative estimate of drug-likeness (QED) is 0.793. The summed E-state index contributed by atoms with van der Waals surface area (Å²) in [4.78, 5) is 11.0. The largest absolute Gasteiger partial charge is 0.481 e. The number of benzene rings is 1. The van der Waals surface area contributed by atoms with Crippen LogP contribution in [0.25, 0.3) is 0 Å². The minimum atomic E-state index is -0.858. The van der Waals surface area contributed by atoms with Crippen LogP contribution in [-0.4, -0.2) is 17.6 Å². The van der Waals surface area contributed by atoms with Crippen molar-refractivity contribution in [3.8, 4) is 0 Å². The van der Waals surface area contributed by atoms with E-state index in [1.54, 1.807) is 0 Å². The molecular weight excluding hydrogens is 190 g/mol. The number of hydrogen-bond donors (Lipinski definition) is 2. The van der Waals surface area contributed by atoms with Crippen LogP contribution in [0.3, 0.4) is 0 Å². The topological polar surface area (TPSA) is 63.3 Å². The normalized spacial score (nSPS) is 12.5. The first kappa shape index (κ1) is 11.7. The summed E-state index contributed by atoms with van der Waals surface area (Å²) in [6, 6.07) is 3.94. The van der Waals surface area contributed by atoms with Gasteiger partial charge in [-0.15, -0.1) is 0 Å². The van der Waals surface area contributed by atoms with Crippen molar-refractivity contribution in [1.29, 1.82) is 0 Å². The fourth-order valence-corrected chi connectivity index (χ4v) is 1.72. The molecule has 0 aliphatic heterocycles. The molecule has 0 spiro atoms. The summed E-state index contributed by atoms with van der Waals surface area (Å²) in [6.45, 7) is 6.06. The zero-order valence-electron chi connectivity index (χ0n) is 9.37. The Labute approximate surface area is 89.9 Å². The number of carboxylic acids is 1. The Morgan fingerprint density at radius 2 is 1.80 bits per heavy atom. The molecule has 0 saturated heterocycles. The molecule has 1 atom stereocenters. The van der Waals surface area contributed by atoms with Crippen LogP contribution in [0.1, 0.15) is 28.2 Å². The molecule has 0 bridgehead atoms. The van der Waals surface area contributed by atoms with Gasteiger partial charge in [-0.25, -0.2) is 0 Å². The maximum atomic E-state index is 11.0. The van der Waals surface area contributed by atoms with Crippen molar-refractivity contribution in [2.45, 2.75) is 26.7 Å². The highest BCUT2D eigenvalue weighted by Gasteiger charge is 2.20. The van der Waals surface area contributed by atoms with Gasteiger partial charge in [-0.05, 0) is 43.0 Å². The predicted molar refractivity (Wildman–Crippen MR) is 60.1 cm³/mol. The summed E-state index contributed by atoms with van der Waals surface area (Å²) in [5.74, 6) is -1.45. The second-order valence-electron chi connectivity index (χ2n) is 3.92. The van der Waals surface area contributed by atoms with Crippen molar-refractivity contribution >= 4 is 5.97 Å². The molecule has 0 aliphatic carbocycles. The smallest absolute Gasteiger partial charge is 0.312 e. The summed E-state index contributed by atoms with van der Waals surface area (Å²) in [7, 11) is 0. The average Bonchev–Trinajstić information content (AvgIpc) is 2.14. The van der Waals surface area contributed by atoms with Gasteiger partial charge >= 0.3 is 5.97 Å². The summed E-state index contributed by atoms with van der Waals surface area (Å²) in [5, 5.41) is 9.03. The van der Waals surface area contributed by atoms with E-state index in [-0.39, 0.29) is 6.54 Å². The van der Waals surface area contributed by atoms with Crippen molar-refractivity contribution in [2.24, 2.45) is 5.73 Å². The SMILES string of the molecule is Cc1cc(C)c(C(CN)C(=O)O)cc1C. The number of carboxylic acid groups (broad SMARTS) is 1. The lowest BCUT2D eigenvalue weighted by Crippen LogP contribution is -2.22. The Hall–Kier alpha value is -1.35. The molecule has 1 unspecified atom stereocenters. The highest BCUT2D eigenvalue weighted by atomic mass is 16.4. The molecule has 3 nitrogen and oxygen atoms in total. The van der Waals surface area contributed by atoms with Crippen molar-refractivity contribution in [3.05, 3.63) is 34.4 Å². The predicted octanol–water partition coefficient (Wildman–Crippen LogP) is 1.74. The molecule has 1 aromatic rings. The number of hydrogen-bond acceptors (Lipinski definition) is 2. The summed E-state index contributed by atoms with van der Waals surface area (Å²) >= 11 is 0. The first-order valence-electron chi connectivity index (χ1n) is 4.98. The average molecular weight is 207 g/mol. The Balaban J connectivity index is 3.24. The second-order valence-corrected chi connectivity index (χ2v) is 3.92. The molecule has 0 aliphatic rings. The maximum absolute atomic E-state index is 11.0. The second kappa shape index (κ2) is 4.45. The van der Waals surface area contributed by atoms with Crippen molar-refractivity contribution in [3.63, 3.8) is 0 Å². The number of carbonyl (C=O) groups is 1. The number of nitrogens with two attached hydrogens (primary N) is 1. The van der Waals surface area contributed by atoms with E-state index in [1.165, 1.54) is 5.56 Å². The Kier molecular flexibility index (Phi) is 3.48. The van der Waals surface area contributed by atoms with E-state index in [2.05, 4.69) is 0 Å². The molecule has 15 heavy (non-hydrogen) atoms. The highest BCUT2D eigenvalue weighted by molar-refractivity contribution is 5.77. The van der Waals surface area contributed by atoms with Gasteiger partial charge in [0.2, 0.25) is 0 Å². The van der Waals surface area contributed by atoms with E-state index >= 15 is 0 Å².